The van der Waals surface area contributed by atoms with Crippen LogP contribution in [-0.4, -0.2) is 10.5 Å². The zero-order valence-electron chi connectivity index (χ0n) is 9.62. The number of fused-ring (bicyclic) bond motifs is 1. The fourth-order valence-electron chi connectivity index (χ4n) is 2.21. The first-order valence-electron chi connectivity index (χ1n) is 5.99. The molecule has 1 fully saturated rings. The van der Waals surface area contributed by atoms with Crippen molar-refractivity contribution in [2.24, 2.45) is 5.73 Å². The molecule has 1 saturated carbocycles. The topological polar surface area (TPSA) is 38.9 Å². The quantitative estimate of drug-likeness (QED) is 0.941. The zero-order chi connectivity index (χ0) is 11.9. The van der Waals surface area contributed by atoms with Crippen LogP contribution in [0.3, 0.4) is 0 Å². The van der Waals surface area contributed by atoms with Gasteiger partial charge in [-0.1, -0.05) is 12.1 Å². The van der Waals surface area contributed by atoms with Crippen LogP contribution in [0.25, 0.3) is 10.9 Å². The third-order valence-corrected chi connectivity index (χ3v) is 4.24. The lowest BCUT2D eigenvalue weighted by atomic mass is 10.0. The van der Waals surface area contributed by atoms with Crippen molar-refractivity contribution >= 4 is 26.8 Å². The Bertz CT molecular complexity index is 561. The van der Waals surface area contributed by atoms with E-state index in [-0.39, 0.29) is 5.54 Å². The molecule has 0 bridgehead atoms. The normalized spacial score (nSPS) is 17.3. The summed E-state index contributed by atoms with van der Waals surface area (Å²) >= 11 is 3.55. The minimum Gasteiger partial charge on any atom is -0.325 e. The minimum atomic E-state index is 0.127. The Balaban J connectivity index is 1.95. The van der Waals surface area contributed by atoms with Crippen LogP contribution in [0, 0.1) is 0 Å². The molecule has 17 heavy (non-hydrogen) atoms. The lowest BCUT2D eigenvalue weighted by Gasteiger charge is -2.10. The van der Waals surface area contributed by atoms with Gasteiger partial charge in [0.25, 0.3) is 0 Å². The zero-order valence-corrected chi connectivity index (χ0v) is 11.2. The SMILES string of the molecule is NC1(CCc2ccnc3c(Br)cccc23)CC1. The monoisotopic (exact) mass is 290 g/mol. The fourth-order valence-corrected chi connectivity index (χ4v) is 2.68. The van der Waals surface area contributed by atoms with Crippen LogP contribution < -0.4 is 5.73 Å². The first-order valence-corrected chi connectivity index (χ1v) is 6.78. The van der Waals surface area contributed by atoms with E-state index in [2.05, 4.69) is 39.1 Å². The van der Waals surface area contributed by atoms with E-state index >= 15 is 0 Å². The molecule has 0 amide bonds. The summed E-state index contributed by atoms with van der Waals surface area (Å²) < 4.78 is 1.06. The Kier molecular flexibility index (Phi) is 2.68. The van der Waals surface area contributed by atoms with Gasteiger partial charge < -0.3 is 5.73 Å². The van der Waals surface area contributed by atoms with Crippen molar-refractivity contribution in [3.63, 3.8) is 0 Å². The predicted molar refractivity (Wildman–Crippen MR) is 73.9 cm³/mol. The van der Waals surface area contributed by atoms with E-state index < -0.39 is 0 Å². The Morgan fingerprint density at radius 2 is 2.12 bits per heavy atom. The van der Waals surface area contributed by atoms with Gasteiger partial charge in [0.2, 0.25) is 0 Å². The summed E-state index contributed by atoms with van der Waals surface area (Å²) in [6.07, 6.45) is 6.38. The van der Waals surface area contributed by atoms with Crippen molar-refractivity contribution in [1.29, 1.82) is 0 Å². The van der Waals surface area contributed by atoms with Gasteiger partial charge in [0.15, 0.2) is 0 Å². The van der Waals surface area contributed by atoms with Crippen molar-refractivity contribution in [2.45, 2.75) is 31.2 Å². The molecule has 0 spiro atoms. The maximum Gasteiger partial charge on any atom is 0.0846 e. The number of hydrogen-bond donors (Lipinski definition) is 1. The summed E-state index contributed by atoms with van der Waals surface area (Å²) in [5.41, 5.74) is 8.67. The molecule has 2 nitrogen and oxygen atoms in total. The van der Waals surface area contributed by atoms with E-state index in [0.29, 0.717) is 0 Å². The second-order valence-electron chi connectivity index (χ2n) is 4.97. The average molecular weight is 291 g/mol. The molecule has 1 aromatic carbocycles. The highest BCUT2D eigenvalue weighted by molar-refractivity contribution is 9.10. The van der Waals surface area contributed by atoms with Gasteiger partial charge in [0, 0.05) is 21.6 Å². The lowest BCUT2D eigenvalue weighted by molar-refractivity contribution is 0.610. The largest absolute Gasteiger partial charge is 0.325 e. The second kappa shape index (κ2) is 4.07. The van der Waals surface area contributed by atoms with Gasteiger partial charge in [-0.25, -0.2) is 0 Å². The molecule has 3 heteroatoms. The van der Waals surface area contributed by atoms with Crippen LogP contribution >= 0.6 is 15.9 Å². The highest BCUT2D eigenvalue weighted by Gasteiger charge is 2.37. The number of pyridine rings is 1. The van der Waals surface area contributed by atoms with Crippen LogP contribution in [0.2, 0.25) is 0 Å². The predicted octanol–water partition coefficient (Wildman–Crippen LogP) is 3.42. The molecule has 88 valence electrons. The number of aryl methyl sites for hydroxylation is 1. The van der Waals surface area contributed by atoms with Gasteiger partial charge in [0.05, 0.1) is 5.52 Å². The number of nitrogens with zero attached hydrogens (tertiary/aromatic N) is 1. The van der Waals surface area contributed by atoms with Crippen LogP contribution in [0.4, 0.5) is 0 Å². The maximum absolute atomic E-state index is 6.14. The van der Waals surface area contributed by atoms with Crippen molar-refractivity contribution in [1.82, 2.24) is 4.98 Å². The molecule has 0 radical (unpaired) electrons. The molecule has 1 aromatic heterocycles. The standard InChI is InChI=1S/C14H15BrN2/c15-12-3-1-2-11-10(5-9-17-13(11)12)4-6-14(16)7-8-14/h1-3,5,9H,4,6-8,16H2. The first kappa shape index (κ1) is 11.2. The molecule has 1 aliphatic carbocycles. The fraction of sp³-hybridized carbons (Fsp3) is 0.357. The van der Waals surface area contributed by atoms with Crippen molar-refractivity contribution in [3.8, 4) is 0 Å². The molecule has 1 aliphatic rings. The molecule has 0 aliphatic heterocycles. The number of aromatic nitrogens is 1. The van der Waals surface area contributed by atoms with Gasteiger partial charge in [-0.05, 0) is 59.3 Å². The highest BCUT2D eigenvalue weighted by atomic mass is 79.9. The average Bonchev–Trinajstić information content (AvgIpc) is 3.06. The molecule has 2 aromatic rings. The van der Waals surface area contributed by atoms with E-state index in [4.69, 9.17) is 5.73 Å². The van der Waals surface area contributed by atoms with Crippen LogP contribution in [0.15, 0.2) is 34.9 Å². The van der Waals surface area contributed by atoms with E-state index in [1.54, 1.807) is 0 Å². The molecular formula is C14H15BrN2. The Morgan fingerprint density at radius 1 is 1.29 bits per heavy atom. The van der Waals surface area contributed by atoms with E-state index in [0.717, 1.165) is 22.8 Å². The van der Waals surface area contributed by atoms with Crippen LogP contribution in [0.1, 0.15) is 24.8 Å². The maximum atomic E-state index is 6.14. The summed E-state index contributed by atoms with van der Waals surface area (Å²) in [6.45, 7) is 0. The molecule has 0 saturated heterocycles. The van der Waals surface area contributed by atoms with E-state index in [9.17, 15) is 0 Å². The Labute approximate surface area is 109 Å². The molecule has 2 N–H and O–H groups in total. The summed E-state index contributed by atoms with van der Waals surface area (Å²) in [5, 5.41) is 1.24. The number of hydrogen-bond acceptors (Lipinski definition) is 2. The van der Waals surface area contributed by atoms with Gasteiger partial charge in [-0.15, -0.1) is 0 Å². The number of halogens is 1. The van der Waals surface area contributed by atoms with E-state index in [1.165, 1.54) is 23.8 Å². The van der Waals surface area contributed by atoms with Gasteiger partial charge in [-0.3, -0.25) is 4.98 Å². The van der Waals surface area contributed by atoms with Gasteiger partial charge in [0.1, 0.15) is 0 Å². The van der Waals surface area contributed by atoms with Gasteiger partial charge >= 0.3 is 0 Å². The summed E-state index contributed by atoms with van der Waals surface area (Å²) in [4.78, 5) is 4.42. The number of nitrogens with two attached hydrogens (primary N) is 1. The van der Waals surface area contributed by atoms with Crippen molar-refractivity contribution < 1.29 is 0 Å². The summed E-state index contributed by atoms with van der Waals surface area (Å²) in [6, 6.07) is 8.34. The molecule has 3 rings (SSSR count). The minimum absolute atomic E-state index is 0.127. The Morgan fingerprint density at radius 3 is 2.88 bits per heavy atom. The lowest BCUT2D eigenvalue weighted by Crippen LogP contribution is -2.22. The van der Waals surface area contributed by atoms with Crippen molar-refractivity contribution in [3.05, 3.63) is 40.5 Å². The Hall–Kier alpha value is -0.930. The highest BCUT2D eigenvalue weighted by Crippen LogP contribution is 2.37. The van der Waals surface area contributed by atoms with Crippen LogP contribution in [-0.2, 0) is 6.42 Å². The number of rotatable bonds is 3. The summed E-state index contributed by atoms with van der Waals surface area (Å²) in [7, 11) is 0. The molecule has 0 atom stereocenters. The third kappa shape index (κ3) is 2.22. The van der Waals surface area contributed by atoms with Crippen molar-refractivity contribution in [2.75, 3.05) is 0 Å². The second-order valence-corrected chi connectivity index (χ2v) is 5.82. The third-order valence-electron chi connectivity index (χ3n) is 3.60. The van der Waals surface area contributed by atoms with Crippen LogP contribution in [0.5, 0.6) is 0 Å². The van der Waals surface area contributed by atoms with Gasteiger partial charge in [-0.2, -0.15) is 0 Å². The number of benzene rings is 1. The smallest absolute Gasteiger partial charge is 0.0846 e. The summed E-state index contributed by atoms with van der Waals surface area (Å²) in [5.74, 6) is 0. The molecular weight excluding hydrogens is 276 g/mol. The number of para-hydroxylation sites is 1. The molecule has 0 unspecified atom stereocenters. The first-order chi connectivity index (χ1) is 8.18. The van der Waals surface area contributed by atoms with E-state index in [1.807, 2.05) is 12.3 Å². The molecule has 1 heterocycles.